The van der Waals surface area contributed by atoms with Crippen LogP contribution in [0.25, 0.3) is 0 Å². The summed E-state index contributed by atoms with van der Waals surface area (Å²) in [4.78, 5) is 14.1. The Hall–Kier alpha value is -0.590. The molecule has 1 rings (SSSR count). The fourth-order valence-corrected chi connectivity index (χ4v) is 1.93. The van der Waals surface area contributed by atoms with Crippen LogP contribution < -0.4 is 0 Å². The second kappa shape index (κ2) is 4.08. The number of alkyl halides is 2. The lowest BCUT2D eigenvalue weighted by atomic mass is 10.2. The van der Waals surface area contributed by atoms with E-state index in [2.05, 4.69) is 4.98 Å². The van der Waals surface area contributed by atoms with Crippen molar-refractivity contribution in [3.63, 3.8) is 0 Å². The number of nitrogens with zero attached hydrogens (tertiary/aromatic N) is 1. The number of aromatic nitrogens is 1. The van der Waals surface area contributed by atoms with Crippen molar-refractivity contribution < 1.29 is 13.6 Å². The maximum atomic E-state index is 12.4. The van der Waals surface area contributed by atoms with Crippen LogP contribution in [0.15, 0.2) is 6.07 Å². The Morgan fingerprint density at radius 1 is 1.62 bits per heavy atom. The van der Waals surface area contributed by atoms with E-state index >= 15 is 0 Å². The zero-order valence-electron chi connectivity index (χ0n) is 6.72. The minimum atomic E-state index is -2.54. The molecule has 0 aliphatic rings. The molecule has 0 radical (unpaired) electrons. The van der Waals surface area contributed by atoms with Crippen molar-refractivity contribution in [2.75, 3.05) is 0 Å². The van der Waals surface area contributed by atoms with Crippen molar-refractivity contribution in [2.45, 2.75) is 13.3 Å². The Bertz CT molecular complexity index is 318. The number of hydrogen-bond acceptors (Lipinski definition) is 2. The molecule has 13 heavy (non-hydrogen) atoms. The van der Waals surface area contributed by atoms with Gasteiger partial charge >= 0.3 is 0 Å². The number of hydrogen-bond donors (Lipinski definition) is 0. The first-order valence-corrected chi connectivity index (χ1v) is 4.54. The van der Waals surface area contributed by atoms with Crippen LogP contribution >= 0.6 is 22.6 Å². The van der Waals surface area contributed by atoms with Gasteiger partial charge in [-0.3, -0.25) is 4.79 Å². The van der Waals surface area contributed by atoms with Gasteiger partial charge in [0.2, 0.25) is 0 Å². The number of aryl methyl sites for hydroxylation is 1. The third-order valence-corrected chi connectivity index (χ3v) is 2.45. The number of pyridine rings is 1. The zero-order chi connectivity index (χ0) is 10.0. The average Bonchev–Trinajstić information content (AvgIpc) is 2.02. The Kier molecular flexibility index (Phi) is 3.29. The molecule has 0 aliphatic carbocycles. The van der Waals surface area contributed by atoms with E-state index in [-0.39, 0.29) is 17.0 Å². The SMILES string of the molecule is Cc1nc(C=O)cc(I)c1C(F)F. The minimum Gasteiger partial charge on any atom is -0.296 e. The van der Waals surface area contributed by atoms with E-state index in [9.17, 15) is 13.6 Å². The third kappa shape index (κ3) is 2.20. The highest BCUT2D eigenvalue weighted by Gasteiger charge is 2.16. The van der Waals surface area contributed by atoms with E-state index in [4.69, 9.17) is 0 Å². The largest absolute Gasteiger partial charge is 0.296 e. The molecule has 0 aromatic carbocycles. The van der Waals surface area contributed by atoms with E-state index in [0.29, 0.717) is 9.86 Å². The highest BCUT2D eigenvalue weighted by Crippen LogP contribution is 2.26. The molecule has 1 aromatic rings. The van der Waals surface area contributed by atoms with Crippen molar-refractivity contribution in [1.29, 1.82) is 0 Å². The van der Waals surface area contributed by atoms with E-state index in [1.165, 1.54) is 13.0 Å². The van der Waals surface area contributed by atoms with Crippen LogP contribution in [0.3, 0.4) is 0 Å². The summed E-state index contributed by atoms with van der Waals surface area (Å²) in [5.74, 6) is 0. The lowest BCUT2D eigenvalue weighted by Crippen LogP contribution is -2.00. The van der Waals surface area contributed by atoms with E-state index in [0.717, 1.165) is 0 Å². The van der Waals surface area contributed by atoms with Crippen LogP contribution in [0.2, 0.25) is 0 Å². The summed E-state index contributed by atoms with van der Waals surface area (Å²) in [6, 6.07) is 1.35. The maximum absolute atomic E-state index is 12.4. The van der Waals surface area contributed by atoms with Crippen molar-refractivity contribution in [1.82, 2.24) is 4.98 Å². The highest BCUT2D eigenvalue weighted by atomic mass is 127. The quantitative estimate of drug-likeness (QED) is 0.620. The van der Waals surface area contributed by atoms with Gasteiger partial charge in [-0.1, -0.05) is 0 Å². The topological polar surface area (TPSA) is 30.0 Å². The predicted octanol–water partition coefficient (Wildman–Crippen LogP) is 2.74. The fraction of sp³-hybridized carbons (Fsp3) is 0.250. The molecule has 2 nitrogen and oxygen atoms in total. The average molecular weight is 297 g/mol. The van der Waals surface area contributed by atoms with Gasteiger partial charge in [0.15, 0.2) is 6.29 Å². The summed E-state index contributed by atoms with van der Waals surface area (Å²) in [6.07, 6.45) is -2.00. The predicted molar refractivity (Wildman–Crippen MR) is 52.0 cm³/mol. The van der Waals surface area contributed by atoms with Gasteiger partial charge < -0.3 is 0 Å². The molecular weight excluding hydrogens is 291 g/mol. The molecule has 70 valence electrons. The van der Waals surface area contributed by atoms with Gasteiger partial charge in [-0.2, -0.15) is 0 Å². The molecule has 0 N–H and O–H groups in total. The Labute approximate surface area is 87.5 Å². The summed E-state index contributed by atoms with van der Waals surface area (Å²) in [5, 5.41) is 0. The molecule has 0 atom stereocenters. The second-order valence-electron chi connectivity index (χ2n) is 2.45. The van der Waals surface area contributed by atoms with Crippen LogP contribution in [-0.4, -0.2) is 11.3 Å². The molecule has 0 fully saturated rings. The van der Waals surface area contributed by atoms with Gasteiger partial charge in [-0.25, -0.2) is 13.8 Å². The molecule has 0 saturated carbocycles. The van der Waals surface area contributed by atoms with Gasteiger partial charge in [0.05, 0.1) is 5.56 Å². The van der Waals surface area contributed by atoms with Crippen LogP contribution in [0.1, 0.15) is 28.2 Å². The molecule has 0 unspecified atom stereocenters. The molecule has 0 bridgehead atoms. The summed E-state index contributed by atoms with van der Waals surface area (Å²) in [5.41, 5.74) is 0.307. The van der Waals surface area contributed by atoms with E-state index in [1.807, 2.05) is 0 Å². The molecule has 1 aromatic heterocycles. The Balaban J connectivity index is 3.31. The van der Waals surface area contributed by atoms with Crippen LogP contribution in [0, 0.1) is 10.5 Å². The van der Waals surface area contributed by atoms with Gasteiger partial charge in [0.25, 0.3) is 6.43 Å². The summed E-state index contributed by atoms with van der Waals surface area (Å²) in [7, 11) is 0. The summed E-state index contributed by atoms with van der Waals surface area (Å²) < 4.78 is 25.2. The molecular formula is C8H6F2INO. The molecule has 0 spiro atoms. The molecule has 0 saturated heterocycles. The summed E-state index contributed by atoms with van der Waals surface area (Å²) >= 11 is 1.77. The second-order valence-corrected chi connectivity index (χ2v) is 3.61. The molecule has 5 heteroatoms. The van der Waals surface area contributed by atoms with Gasteiger partial charge in [0, 0.05) is 9.26 Å². The van der Waals surface area contributed by atoms with Crippen LogP contribution in [-0.2, 0) is 0 Å². The first-order chi connectivity index (χ1) is 6.06. The normalized spacial score (nSPS) is 10.5. The van der Waals surface area contributed by atoms with Crippen molar-refractivity contribution in [3.05, 3.63) is 26.6 Å². The number of carbonyl (C=O) groups is 1. The van der Waals surface area contributed by atoms with E-state index < -0.39 is 6.43 Å². The lowest BCUT2D eigenvalue weighted by molar-refractivity contribution is 0.111. The summed E-state index contributed by atoms with van der Waals surface area (Å²) in [6.45, 7) is 1.47. The highest BCUT2D eigenvalue weighted by molar-refractivity contribution is 14.1. The Morgan fingerprint density at radius 2 is 2.23 bits per heavy atom. The minimum absolute atomic E-state index is 0.0915. The maximum Gasteiger partial charge on any atom is 0.266 e. The number of halogens is 3. The van der Waals surface area contributed by atoms with Gasteiger partial charge in [-0.15, -0.1) is 0 Å². The number of carbonyl (C=O) groups excluding carboxylic acids is 1. The first kappa shape index (κ1) is 10.5. The standard InChI is InChI=1S/C8H6F2INO/c1-4-7(8(9)10)6(11)2-5(3-13)12-4/h2-3,8H,1H3. The van der Waals surface area contributed by atoms with Gasteiger partial charge in [0.1, 0.15) is 5.69 Å². The van der Waals surface area contributed by atoms with E-state index in [1.54, 1.807) is 22.6 Å². The Morgan fingerprint density at radius 3 is 2.62 bits per heavy atom. The smallest absolute Gasteiger partial charge is 0.266 e. The van der Waals surface area contributed by atoms with Crippen LogP contribution in [0.4, 0.5) is 8.78 Å². The zero-order valence-corrected chi connectivity index (χ0v) is 8.88. The first-order valence-electron chi connectivity index (χ1n) is 3.46. The lowest BCUT2D eigenvalue weighted by Gasteiger charge is -2.06. The van der Waals surface area contributed by atoms with Crippen LogP contribution in [0.5, 0.6) is 0 Å². The molecule has 1 heterocycles. The third-order valence-electron chi connectivity index (χ3n) is 1.56. The monoisotopic (exact) mass is 297 g/mol. The van der Waals surface area contributed by atoms with Gasteiger partial charge in [-0.05, 0) is 35.6 Å². The number of aldehydes is 1. The molecule has 0 aliphatic heterocycles. The van der Waals surface area contributed by atoms with Crippen molar-refractivity contribution in [2.24, 2.45) is 0 Å². The van der Waals surface area contributed by atoms with Crippen molar-refractivity contribution in [3.8, 4) is 0 Å². The fourth-order valence-electron chi connectivity index (χ4n) is 0.989. The van der Waals surface area contributed by atoms with Crippen molar-refractivity contribution >= 4 is 28.9 Å². The number of rotatable bonds is 2. The molecule has 0 amide bonds.